The molecule has 0 aromatic heterocycles. The van der Waals surface area contributed by atoms with E-state index in [1.807, 2.05) is 13.0 Å². The number of aliphatic hydroxyl groups is 1. The first-order chi connectivity index (χ1) is 6.06. The average molecular weight is 240 g/mol. The van der Waals surface area contributed by atoms with Crippen LogP contribution in [0.1, 0.15) is 11.1 Å². The average Bonchev–Trinajstić information content (AvgIpc) is 2.08. The summed E-state index contributed by atoms with van der Waals surface area (Å²) in [4.78, 5) is 3.79. The number of aliphatic imine (C=N–C) groups is 1. The highest BCUT2D eigenvalue weighted by Crippen LogP contribution is 2.30. The molecule has 2 nitrogen and oxygen atoms in total. The van der Waals surface area contributed by atoms with Crippen molar-refractivity contribution in [3.63, 3.8) is 0 Å². The zero-order chi connectivity index (χ0) is 10.0. The number of halogens is 1. The first-order valence-corrected chi connectivity index (χ1v) is 4.50. The largest absolute Gasteiger partial charge is 0.508 e. The minimum Gasteiger partial charge on any atom is -0.508 e. The predicted octanol–water partition coefficient (Wildman–Crippen LogP) is 3.62. The Labute approximate surface area is 85.8 Å². The Morgan fingerprint density at radius 1 is 1.54 bits per heavy atom. The zero-order valence-electron chi connectivity index (χ0n) is 7.34. The Morgan fingerprint density at radius 2 is 2.15 bits per heavy atom. The minimum absolute atomic E-state index is 0.0120. The highest BCUT2D eigenvalue weighted by molar-refractivity contribution is 9.10. The molecule has 1 aromatic rings. The van der Waals surface area contributed by atoms with E-state index in [2.05, 4.69) is 34.2 Å². The van der Waals surface area contributed by atoms with Crippen molar-refractivity contribution in [3.8, 4) is 0 Å². The van der Waals surface area contributed by atoms with Gasteiger partial charge in [-0.05, 0) is 31.3 Å². The van der Waals surface area contributed by atoms with E-state index >= 15 is 0 Å². The minimum atomic E-state index is 0.0120. The lowest BCUT2D eigenvalue weighted by Gasteiger charge is -2.06. The van der Waals surface area contributed by atoms with E-state index in [9.17, 15) is 5.11 Å². The Balaban J connectivity index is 3.41. The van der Waals surface area contributed by atoms with Crippen LogP contribution in [0.25, 0.3) is 5.76 Å². The van der Waals surface area contributed by atoms with Crippen molar-refractivity contribution in [2.45, 2.75) is 6.92 Å². The number of rotatable bonds is 2. The number of hydrogen-bond donors (Lipinski definition) is 1. The van der Waals surface area contributed by atoms with E-state index in [0.29, 0.717) is 11.3 Å². The summed E-state index contributed by atoms with van der Waals surface area (Å²) < 4.78 is 0.944. The quantitative estimate of drug-likeness (QED) is 0.621. The molecule has 3 heteroatoms. The van der Waals surface area contributed by atoms with E-state index < -0.39 is 0 Å². The van der Waals surface area contributed by atoms with Crippen LogP contribution in [0, 0.1) is 6.92 Å². The van der Waals surface area contributed by atoms with Crippen LogP contribution in [0.2, 0.25) is 0 Å². The maximum absolute atomic E-state index is 9.25. The lowest BCUT2D eigenvalue weighted by molar-refractivity contribution is 0.514. The molecule has 0 aliphatic carbocycles. The lowest BCUT2D eigenvalue weighted by Crippen LogP contribution is -1.85. The standard InChI is InChI=1S/C10H10BrNO/c1-6-4-8(7(2)13)10(12-3)5-9(6)11/h4-5,13H,2-3H2,1H3. The van der Waals surface area contributed by atoms with E-state index in [1.54, 1.807) is 6.07 Å². The number of hydrogen-bond acceptors (Lipinski definition) is 2. The van der Waals surface area contributed by atoms with E-state index in [1.165, 1.54) is 0 Å². The number of aliphatic hydroxyl groups excluding tert-OH is 1. The second-order valence-corrected chi connectivity index (χ2v) is 3.58. The fourth-order valence-electron chi connectivity index (χ4n) is 1.03. The molecule has 0 spiro atoms. The molecule has 0 heterocycles. The molecule has 0 fully saturated rings. The Kier molecular flexibility index (Phi) is 2.88. The van der Waals surface area contributed by atoms with Crippen LogP contribution in [0.5, 0.6) is 0 Å². The van der Waals surface area contributed by atoms with Crippen molar-refractivity contribution in [1.29, 1.82) is 0 Å². The summed E-state index contributed by atoms with van der Waals surface area (Å²) in [5.41, 5.74) is 2.28. The molecule has 0 bridgehead atoms. The molecule has 0 atom stereocenters. The summed E-state index contributed by atoms with van der Waals surface area (Å²) in [7, 11) is 0. The normalized spacial score (nSPS) is 9.69. The molecular formula is C10H10BrNO. The molecule has 0 radical (unpaired) electrons. The molecule has 1 aromatic carbocycles. The Morgan fingerprint density at radius 3 is 2.62 bits per heavy atom. The molecule has 1 N–H and O–H groups in total. The third-order valence-electron chi connectivity index (χ3n) is 1.76. The molecule has 68 valence electrons. The number of benzene rings is 1. The van der Waals surface area contributed by atoms with Gasteiger partial charge in [-0.1, -0.05) is 22.5 Å². The smallest absolute Gasteiger partial charge is 0.117 e. The SMILES string of the molecule is C=Nc1cc(Br)c(C)cc1C(=C)O. The maximum atomic E-state index is 9.25. The Hall–Kier alpha value is -1.09. The highest BCUT2D eigenvalue weighted by atomic mass is 79.9. The molecule has 0 saturated heterocycles. The topological polar surface area (TPSA) is 32.6 Å². The van der Waals surface area contributed by atoms with Crippen LogP contribution in [0.3, 0.4) is 0 Å². The van der Waals surface area contributed by atoms with Crippen molar-refractivity contribution in [2.75, 3.05) is 0 Å². The first kappa shape index (κ1) is 9.99. The van der Waals surface area contributed by atoms with Gasteiger partial charge in [-0.15, -0.1) is 0 Å². The number of nitrogens with zero attached hydrogens (tertiary/aromatic N) is 1. The summed E-state index contributed by atoms with van der Waals surface area (Å²) >= 11 is 3.37. The molecular weight excluding hydrogens is 230 g/mol. The second-order valence-electron chi connectivity index (χ2n) is 2.72. The maximum Gasteiger partial charge on any atom is 0.117 e. The highest BCUT2D eigenvalue weighted by Gasteiger charge is 2.06. The monoisotopic (exact) mass is 239 g/mol. The molecule has 13 heavy (non-hydrogen) atoms. The fraction of sp³-hybridized carbons (Fsp3) is 0.100. The zero-order valence-corrected chi connectivity index (χ0v) is 8.93. The van der Waals surface area contributed by atoms with Crippen LogP contribution in [0.15, 0.2) is 28.2 Å². The van der Waals surface area contributed by atoms with Gasteiger partial charge in [-0.3, -0.25) is 4.99 Å². The van der Waals surface area contributed by atoms with Crippen LogP contribution >= 0.6 is 15.9 Å². The summed E-state index contributed by atoms with van der Waals surface area (Å²) in [5.74, 6) is 0.0120. The van der Waals surface area contributed by atoms with Gasteiger partial charge in [0.25, 0.3) is 0 Å². The fourth-order valence-corrected chi connectivity index (χ4v) is 1.36. The first-order valence-electron chi connectivity index (χ1n) is 3.71. The second kappa shape index (κ2) is 3.75. The molecule has 1 rings (SSSR count). The van der Waals surface area contributed by atoms with E-state index in [-0.39, 0.29) is 5.76 Å². The van der Waals surface area contributed by atoms with Crippen LogP contribution in [0.4, 0.5) is 5.69 Å². The molecule has 0 aliphatic heterocycles. The van der Waals surface area contributed by atoms with Gasteiger partial charge in [0, 0.05) is 10.0 Å². The van der Waals surface area contributed by atoms with Crippen molar-refractivity contribution in [2.24, 2.45) is 4.99 Å². The van der Waals surface area contributed by atoms with E-state index in [4.69, 9.17) is 0 Å². The van der Waals surface area contributed by atoms with Crippen molar-refractivity contribution in [3.05, 3.63) is 34.3 Å². The van der Waals surface area contributed by atoms with Gasteiger partial charge >= 0.3 is 0 Å². The van der Waals surface area contributed by atoms with Gasteiger partial charge in [-0.25, -0.2) is 0 Å². The number of aryl methyl sites for hydroxylation is 1. The van der Waals surface area contributed by atoms with Crippen molar-refractivity contribution in [1.82, 2.24) is 0 Å². The third kappa shape index (κ3) is 1.98. The Bertz CT molecular complexity index is 371. The lowest BCUT2D eigenvalue weighted by atomic mass is 10.1. The summed E-state index contributed by atoms with van der Waals surface area (Å²) in [6.45, 7) is 8.81. The van der Waals surface area contributed by atoms with Gasteiger partial charge in [0.15, 0.2) is 0 Å². The molecule has 0 amide bonds. The predicted molar refractivity (Wildman–Crippen MR) is 59.8 cm³/mol. The summed E-state index contributed by atoms with van der Waals surface area (Å²) in [6, 6.07) is 3.62. The van der Waals surface area contributed by atoms with Gasteiger partial charge in [-0.2, -0.15) is 0 Å². The van der Waals surface area contributed by atoms with Crippen molar-refractivity contribution < 1.29 is 5.11 Å². The third-order valence-corrected chi connectivity index (χ3v) is 2.61. The van der Waals surface area contributed by atoms with Crippen LogP contribution in [-0.2, 0) is 0 Å². The van der Waals surface area contributed by atoms with Gasteiger partial charge in [0.05, 0.1) is 5.69 Å². The summed E-state index contributed by atoms with van der Waals surface area (Å²) in [5, 5.41) is 9.25. The van der Waals surface area contributed by atoms with Crippen LogP contribution < -0.4 is 0 Å². The van der Waals surface area contributed by atoms with Gasteiger partial charge < -0.3 is 5.11 Å². The molecule has 0 aliphatic rings. The van der Waals surface area contributed by atoms with E-state index in [0.717, 1.165) is 10.0 Å². The van der Waals surface area contributed by atoms with Crippen LogP contribution in [-0.4, -0.2) is 11.8 Å². The summed E-state index contributed by atoms with van der Waals surface area (Å²) in [6.07, 6.45) is 0. The molecule has 0 saturated carbocycles. The van der Waals surface area contributed by atoms with Gasteiger partial charge in [0.2, 0.25) is 0 Å². The van der Waals surface area contributed by atoms with Crippen molar-refractivity contribution >= 4 is 34.1 Å². The van der Waals surface area contributed by atoms with Gasteiger partial charge in [0.1, 0.15) is 5.76 Å². The molecule has 0 unspecified atom stereocenters.